The fraction of sp³-hybridized carbons (Fsp3) is 0.400. The smallest absolute Gasteiger partial charge is 0.252 e. The number of aromatic nitrogens is 1. The number of hydrogen-bond donors (Lipinski definition) is 2. The summed E-state index contributed by atoms with van der Waals surface area (Å²) < 4.78 is 5.33. The monoisotopic (exact) mass is 354 g/mol. The van der Waals surface area contributed by atoms with E-state index in [1.165, 1.54) is 5.56 Å². The molecule has 1 aromatic heterocycles. The fourth-order valence-corrected chi connectivity index (χ4v) is 2.97. The van der Waals surface area contributed by atoms with Crippen LogP contribution in [0.15, 0.2) is 48.8 Å². The largest absolute Gasteiger partial charge is 0.379 e. The lowest BCUT2D eigenvalue weighted by molar-refractivity contribution is 0.0383. The van der Waals surface area contributed by atoms with E-state index in [0.717, 1.165) is 38.5 Å². The lowest BCUT2D eigenvalue weighted by Crippen LogP contribution is -2.41. The van der Waals surface area contributed by atoms with Crippen LogP contribution in [0.5, 0.6) is 0 Å². The van der Waals surface area contributed by atoms with Crippen LogP contribution < -0.4 is 10.6 Å². The molecule has 1 aliphatic rings. The third-order valence-electron chi connectivity index (χ3n) is 4.50. The van der Waals surface area contributed by atoms with E-state index in [0.29, 0.717) is 12.1 Å². The number of morpholine rings is 1. The molecule has 1 amide bonds. The molecule has 0 radical (unpaired) electrons. The van der Waals surface area contributed by atoms with Gasteiger partial charge >= 0.3 is 0 Å². The number of benzene rings is 1. The Kier molecular flexibility index (Phi) is 6.57. The Labute approximate surface area is 154 Å². The van der Waals surface area contributed by atoms with E-state index in [1.807, 2.05) is 24.3 Å². The van der Waals surface area contributed by atoms with Crippen LogP contribution in [-0.4, -0.2) is 55.2 Å². The summed E-state index contributed by atoms with van der Waals surface area (Å²) in [5, 5.41) is 6.37. The lowest BCUT2D eigenvalue weighted by atomic mass is 10.1. The number of ether oxygens (including phenoxy) is 1. The van der Waals surface area contributed by atoms with Crippen LogP contribution in [0.2, 0.25) is 0 Å². The molecule has 138 valence electrons. The standard InChI is InChI=1S/C20H26N4O2/c1-16(17-5-3-2-4-6-17)23-19-13-18(14-21-15-19)20(25)22-7-8-24-9-11-26-12-10-24/h2-6,13-16,23H,7-12H2,1H3,(H,22,25). The first-order chi connectivity index (χ1) is 12.7. The summed E-state index contributed by atoms with van der Waals surface area (Å²) in [7, 11) is 0. The lowest BCUT2D eigenvalue weighted by Gasteiger charge is -2.26. The van der Waals surface area contributed by atoms with Gasteiger partial charge in [0, 0.05) is 44.6 Å². The van der Waals surface area contributed by atoms with Crippen LogP contribution >= 0.6 is 0 Å². The number of nitrogens with one attached hydrogen (secondary N) is 2. The Hall–Kier alpha value is -2.44. The molecular weight excluding hydrogens is 328 g/mol. The number of nitrogens with zero attached hydrogens (tertiary/aromatic N) is 2. The van der Waals surface area contributed by atoms with Gasteiger partial charge in [-0.3, -0.25) is 14.7 Å². The molecule has 1 aromatic carbocycles. The first-order valence-corrected chi connectivity index (χ1v) is 9.07. The predicted octanol–water partition coefficient (Wildman–Crippen LogP) is 2.32. The van der Waals surface area contributed by atoms with E-state index in [9.17, 15) is 4.79 Å². The SMILES string of the molecule is CC(Nc1cncc(C(=O)NCCN2CCOCC2)c1)c1ccccc1. The summed E-state index contributed by atoms with van der Waals surface area (Å²) in [4.78, 5) is 18.9. The molecular formula is C20H26N4O2. The Morgan fingerprint density at radius 1 is 1.23 bits per heavy atom. The van der Waals surface area contributed by atoms with Crippen molar-refractivity contribution in [2.75, 3.05) is 44.7 Å². The van der Waals surface area contributed by atoms with Crippen molar-refractivity contribution in [2.45, 2.75) is 13.0 Å². The highest BCUT2D eigenvalue weighted by Crippen LogP contribution is 2.19. The average molecular weight is 354 g/mol. The van der Waals surface area contributed by atoms with Gasteiger partial charge in [-0.25, -0.2) is 0 Å². The first-order valence-electron chi connectivity index (χ1n) is 9.07. The molecule has 26 heavy (non-hydrogen) atoms. The Morgan fingerprint density at radius 3 is 2.77 bits per heavy atom. The van der Waals surface area contributed by atoms with Crippen molar-refractivity contribution in [3.63, 3.8) is 0 Å². The van der Waals surface area contributed by atoms with Crippen LogP contribution in [0.25, 0.3) is 0 Å². The van der Waals surface area contributed by atoms with Crippen LogP contribution in [0.4, 0.5) is 5.69 Å². The molecule has 0 saturated carbocycles. The quantitative estimate of drug-likeness (QED) is 0.799. The minimum Gasteiger partial charge on any atom is -0.379 e. The van der Waals surface area contributed by atoms with E-state index in [1.54, 1.807) is 12.4 Å². The van der Waals surface area contributed by atoms with Gasteiger partial charge in [0.15, 0.2) is 0 Å². The maximum absolute atomic E-state index is 12.4. The first kappa shape index (κ1) is 18.4. The zero-order valence-electron chi connectivity index (χ0n) is 15.1. The summed E-state index contributed by atoms with van der Waals surface area (Å²) in [5.74, 6) is -0.0956. The van der Waals surface area contributed by atoms with Crippen molar-refractivity contribution in [1.29, 1.82) is 0 Å². The minimum atomic E-state index is -0.0956. The summed E-state index contributed by atoms with van der Waals surface area (Å²) in [6, 6.07) is 12.2. The van der Waals surface area contributed by atoms with Gasteiger partial charge in [0.1, 0.15) is 0 Å². The highest BCUT2D eigenvalue weighted by molar-refractivity contribution is 5.94. The van der Waals surface area contributed by atoms with Gasteiger partial charge in [0.2, 0.25) is 0 Å². The van der Waals surface area contributed by atoms with E-state index >= 15 is 0 Å². The van der Waals surface area contributed by atoms with Crippen molar-refractivity contribution in [1.82, 2.24) is 15.2 Å². The van der Waals surface area contributed by atoms with Gasteiger partial charge in [0.25, 0.3) is 5.91 Å². The Balaban J connectivity index is 1.52. The third kappa shape index (κ3) is 5.28. The highest BCUT2D eigenvalue weighted by Gasteiger charge is 2.12. The number of carbonyl (C=O) groups is 1. The molecule has 1 saturated heterocycles. The second kappa shape index (κ2) is 9.31. The zero-order valence-corrected chi connectivity index (χ0v) is 15.1. The number of hydrogen-bond acceptors (Lipinski definition) is 5. The molecule has 1 aliphatic heterocycles. The van der Waals surface area contributed by atoms with Crippen molar-refractivity contribution >= 4 is 11.6 Å². The van der Waals surface area contributed by atoms with E-state index in [2.05, 4.69) is 39.6 Å². The number of anilines is 1. The van der Waals surface area contributed by atoms with Crippen molar-refractivity contribution < 1.29 is 9.53 Å². The maximum atomic E-state index is 12.4. The highest BCUT2D eigenvalue weighted by atomic mass is 16.5. The van der Waals surface area contributed by atoms with Crippen LogP contribution in [-0.2, 0) is 4.74 Å². The third-order valence-corrected chi connectivity index (χ3v) is 4.50. The maximum Gasteiger partial charge on any atom is 0.252 e. The molecule has 2 aromatic rings. The number of pyridine rings is 1. The zero-order chi connectivity index (χ0) is 18.2. The molecule has 0 aliphatic carbocycles. The second-order valence-electron chi connectivity index (χ2n) is 6.45. The van der Waals surface area contributed by atoms with Gasteiger partial charge < -0.3 is 15.4 Å². The summed E-state index contributed by atoms with van der Waals surface area (Å²) in [6.45, 7) is 6.94. The molecule has 0 spiro atoms. The van der Waals surface area contributed by atoms with Gasteiger partial charge in [-0.05, 0) is 18.6 Å². The van der Waals surface area contributed by atoms with E-state index < -0.39 is 0 Å². The van der Waals surface area contributed by atoms with E-state index in [-0.39, 0.29) is 11.9 Å². The summed E-state index contributed by atoms with van der Waals surface area (Å²) in [5.41, 5.74) is 2.59. The van der Waals surface area contributed by atoms with Crippen molar-refractivity contribution in [3.05, 3.63) is 59.9 Å². The molecule has 2 N–H and O–H groups in total. The topological polar surface area (TPSA) is 66.5 Å². The molecule has 1 fully saturated rings. The number of carbonyl (C=O) groups excluding carboxylic acids is 1. The van der Waals surface area contributed by atoms with Crippen LogP contribution in [0.1, 0.15) is 28.9 Å². The molecule has 1 atom stereocenters. The van der Waals surface area contributed by atoms with Crippen LogP contribution in [0, 0.1) is 0 Å². The molecule has 3 rings (SSSR count). The average Bonchev–Trinajstić information content (AvgIpc) is 2.69. The Bertz CT molecular complexity index is 702. The van der Waals surface area contributed by atoms with Crippen molar-refractivity contribution in [3.8, 4) is 0 Å². The summed E-state index contributed by atoms with van der Waals surface area (Å²) in [6.07, 6.45) is 3.34. The normalized spacial score (nSPS) is 16.0. The van der Waals surface area contributed by atoms with Gasteiger partial charge in [-0.2, -0.15) is 0 Å². The van der Waals surface area contributed by atoms with Crippen LogP contribution in [0.3, 0.4) is 0 Å². The van der Waals surface area contributed by atoms with E-state index in [4.69, 9.17) is 4.74 Å². The minimum absolute atomic E-state index is 0.0956. The second-order valence-corrected chi connectivity index (χ2v) is 6.45. The number of amides is 1. The molecule has 6 heteroatoms. The fourth-order valence-electron chi connectivity index (χ4n) is 2.97. The van der Waals surface area contributed by atoms with Gasteiger partial charge in [-0.15, -0.1) is 0 Å². The predicted molar refractivity (Wildman–Crippen MR) is 102 cm³/mol. The number of rotatable bonds is 7. The molecule has 6 nitrogen and oxygen atoms in total. The summed E-state index contributed by atoms with van der Waals surface area (Å²) >= 11 is 0. The molecule has 2 heterocycles. The van der Waals surface area contributed by atoms with Crippen molar-refractivity contribution in [2.24, 2.45) is 0 Å². The molecule has 0 bridgehead atoms. The van der Waals surface area contributed by atoms with Gasteiger partial charge in [0.05, 0.1) is 24.5 Å². The van der Waals surface area contributed by atoms with Gasteiger partial charge in [-0.1, -0.05) is 30.3 Å². The molecule has 1 unspecified atom stereocenters. The Morgan fingerprint density at radius 2 is 2.00 bits per heavy atom.